The molecule has 0 N–H and O–H groups in total. The summed E-state index contributed by atoms with van der Waals surface area (Å²) in [5.74, 6) is 1.15. The summed E-state index contributed by atoms with van der Waals surface area (Å²) < 4.78 is 7.30. The molecule has 2 heterocycles. The van der Waals surface area contributed by atoms with Crippen LogP contribution < -0.4 is 9.64 Å². The molecule has 0 bridgehead atoms. The highest BCUT2D eigenvalue weighted by atomic mass is 16.5. The van der Waals surface area contributed by atoms with Crippen molar-refractivity contribution in [3.8, 4) is 16.9 Å². The molecule has 6 aliphatic rings. The second-order valence-electron chi connectivity index (χ2n) is 17.7. The Kier molecular flexibility index (Phi) is 5.45. The van der Waals surface area contributed by atoms with Gasteiger partial charge in [-0.2, -0.15) is 0 Å². The summed E-state index contributed by atoms with van der Waals surface area (Å²) in [5, 5.41) is 0. The fourth-order valence-corrected chi connectivity index (χ4v) is 12.5. The molecule has 2 aliphatic heterocycles. The summed E-state index contributed by atoms with van der Waals surface area (Å²) >= 11 is 0. The van der Waals surface area contributed by atoms with Gasteiger partial charge in [0.15, 0.2) is 5.60 Å². The first-order valence-electron chi connectivity index (χ1n) is 19.1. The number of benzene rings is 5. The maximum Gasteiger partial charge on any atom is 0.154 e. The molecule has 5 aromatic rings. The van der Waals surface area contributed by atoms with Crippen molar-refractivity contribution in [3.05, 3.63) is 171 Å². The van der Waals surface area contributed by atoms with Crippen molar-refractivity contribution in [1.82, 2.24) is 0 Å². The Hall–Kier alpha value is -5.08. The van der Waals surface area contributed by atoms with E-state index in [9.17, 15) is 0 Å². The molecule has 2 heteroatoms. The SMILES string of the molecule is CC1C2=C3C(C)(C=C4c5ccccc5OC42C)c2ccccc2N(c2cccc4c2-c2ccccc2C4(C)C)C3(C)C2=C1C(C)(C)c1ccccc12. The van der Waals surface area contributed by atoms with E-state index >= 15 is 0 Å². The minimum atomic E-state index is -0.603. The van der Waals surface area contributed by atoms with E-state index in [0.29, 0.717) is 0 Å². The van der Waals surface area contributed by atoms with Gasteiger partial charge >= 0.3 is 0 Å². The summed E-state index contributed by atoms with van der Waals surface area (Å²) in [6.45, 7) is 19.6. The summed E-state index contributed by atoms with van der Waals surface area (Å²) in [6, 6.07) is 43.4. The molecule has 256 valence electrons. The smallest absolute Gasteiger partial charge is 0.154 e. The van der Waals surface area contributed by atoms with E-state index in [4.69, 9.17) is 4.74 Å². The third kappa shape index (κ3) is 3.19. The number of allylic oxidation sites excluding steroid dienone is 2. The maximum atomic E-state index is 7.30. The van der Waals surface area contributed by atoms with Gasteiger partial charge in [-0.15, -0.1) is 0 Å². The molecule has 4 aliphatic carbocycles. The second kappa shape index (κ2) is 9.28. The van der Waals surface area contributed by atoms with Crippen LogP contribution in [-0.2, 0) is 16.2 Å². The van der Waals surface area contributed by atoms with Gasteiger partial charge in [0.1, 0.15) is 5.75 Å². The molecule has 0 radical (unpaired) electrons. The predicted octanol–water partition coefficient (Wildman–Crippen LogP) is 12.1. The van der Waals surface area contributed by atoms with Gasteiger partial charge < -0.3 is 9.64 Å². The average Bonchev–Trinajstić information content (AvgIpc) is 3.67. The molecule has 0 spiro atoms. The number of rotatable bonds is 1. The zero-order chi connectivity index (χ0) is 35.7. The lowest BCUT2D eigenvalue weighted by molar-refractivity contribution is 0.184. The van der Waals surface area contributed by atoms with Gasteiger partial charge in [-0.05, 0) is 94.6 Å². The van der Waals surface area contributed by atoms with Crippen LogP contribution in [0.4, 0.5) is 11.4 Å². The number of ether oxygens (including phenoxy) is 1. The molecule has 0 saturated heterocycles. The molecule has 52 heavy (non-hydrogen) atoms. The lowest BCUT2D eigenvalue weighted by Gasteiger charge is -2.62. The summed E-state index contributed by atoms with van der Waals surface area (Å²) in [6.07, 6.45) is 2.60. The predicted molar refractivity (Wildman–Crippen MR) is 214 cm³/mol. The number of anilines is 2. The Balaban J connectivity index is 1.33. The van der Waals surface area contributed by atoms with Crippen molar-refractivity contribution in [3.63, 3.8) is 0 Å². The number of fused-ring (bicyclic) bond motifs is 12. The van der Waals surface area contributed by atoms with Crippen LogP contribution >= 0.6 is 0 Å². The van der Waals surface area contributed by atoms with Crippen molar-refractivity contribution < 1.29 is 4.74 Å². The van der Waals surface area contributed by atoms with Gasteiger partial charge in [-0.25, -0.2) is 0 Å². The Morgan fingerprint density at radius 1 is 0.538 bits per heavy atom. The third-order valence-corrected chi connectivity index (χ3v) is 14.4. The molecule has 0 aromatic heterocycles. The van der Waals surface area contributed by atoms with Crippen LogP contribution in [0.3, 0.4) is 0 Å². The molecule has 4 unspecified atom stereocenters. The fourth-order valence-electron chi connectivity index (χ4n) is 12.5. The highest BCUT2D eigenvalue weighted by Gasteiger charge is 2.66. The van der Waals surface area contributed by atoms with Crippen molar-refractivity contribution >= 4 is 22.5 Å². The summed E-state index contributed by atoms with van der Waals surface area (Å²) in [7, 11) is 0. The van der Waals surface area contributed by atoms with Crippen molar-refractivity contribution in [2.24, 2.45) is 5.92 Å². The van der Waals surface area contributed by atoms with E-state index < -0.39 is 11.1 Å². The van der Waals surface area contributed by atoms with Crippen molar-refractivity contribution in [1.29, 1.82) is 0 Å². The lowest BCUT2D eigenvalue weighted by Crippen LogP contribution is -2.61. The number of para-hydroxylation sites is 2. The Labute approximate surface area is 308 Å². The molecule has 0 fully saturated rings. The van der Waals surface area contributed by atoms with Gasteiger partial charge in [0.25, 0.3) is 0 Å². The quantitative estimate of drug-likeness (QED) is 0.164. The first-order chi connectivity index (χ1) is 24.9. The van der Waals surface area contributed by atoms with Crippen LogP contribution in [0.5, 0.6) is 5.75 Å². The fraction of sp³-hybridized carbons (Fsp3) is 0.280. The number of nitrogens with zero attached hydrogens (tertiary/aromatic N) is 1. The Morgan fingerprint density at radius 2 is 1.12 bits per heavy atom. The van der Waals surface area contributed by atoms with E-state index in [0.717, 1.165) is 5.75 Å². The monoisotopic (exact) mass is 675 g/mol. The van der Waals surface area contributed by atoms with Gasteiger partial charge in [0.05, 0.1) is 11.2 Å². The minimum absolute atomic E-state index is 0.107. The average molecular weight is 676 g/mol. The van der Waals surface area contributed by atoms with Crippen molar-refractivity contribution in [2.45, 2.75) is 82.8 Å². The minimum Gasteiger partial charge on any atom is -0.478 e. The standard InChI is InChI=1S/C50H45NO/c1-29-42-44(32-20-10-13-22-34(32)47(42,4)5)49(7)45-43(29)50(8)37(30-18-11-16-27-40(30)52-50)28-48(45,6)35-23-14-15-25-38(35)51(49)39-26-17-24-36-41(39)31-19-9-12-21-33(31)46(36,2)3/h9-29H,1-8H3. The van der Waals surface area contributed by atoms with Crippen molar-refractivity contribution in [2.75, 3.05) is 4.90 Å². The lowest BCUT2D eigenvalue weighted by atomic mass is 9.50. The van der Waals surface area contributed by atoms with Crippen LogP contribution in [0.2, 0.25) is 0 Å². The topological polar surface area (TPSA) is 12.5 Å². The highest BCUT2D eigenvalue weighted by molar-refractivity contribution is 6.03. The van der Waals surface area contributed by atoms with Crippen LogP contribution in [0.15, 0.2) is 138 Å². The van der Waals surface area contributed by atoms with E-state index in [1.807, 2.05) is 0 Å². The first kappa shape index (κ1) is 30.5. The molecule has 2 nitrogen and oxygen atoms in total. The zero-order valence-electron chi connectivity index (χ0n) is 31.5. The molecule has 5 aromatic carbocycles. The van der Waals surface area contributed by atoms with E-state index in [2.05, 4.69) is 182 Å². The van der Waals surface area contributed by atoms with E-state index in [1.165, 1.54) is 83.7 Å². The third-order valence-electron chi connectivity index (χ3n) is 14.4. The first-order valence-corrected chi connectivity index (χ1v) is 19.1. The summed E-state index contributed by atoms with van der Waals surface area (Å²) in [5.41, 5.74) is 18.9. The number of hydrogen-bond acceptors (Lipinski definition) is 2. The Morgan fingerprint density at radius 3 is 1.87 bits per heavy atom. The van der Waals surface area contributed by atoms with Crippen LogP contribution in [0.25, 0.3) is 22.3 Å². The van der Waals surface area contributed by atoms with E-state index in [1.54, 1.807) is 0 Å². The largest absolute Gasteiger partial charge is 0.478 e. The molecular weight excluding hydrogens is 631 g/mol. The highest BCUT2D eigenvalue weighted by Crippen LogP contribution is 2.72. The normalized spacial score (nSPS) is 28.8. The van der Waals surface area contributed by atoms with Gasteiger partial charge in [0, 0.05) is 44.6 Å². The molecule has 0 amide bonds. The Bertz CT molecular complexity index is 2580. The van der Waals surface area contributed by atoms with Gasteiger partial charge in [-0.1, -0.05) is 138 Å². The van der Waals surface area contributed by atoms with Gasteiger partial charge in [0.2, 0.25) is 0 Å². The molecule has 4 atom stereocenters. The van der Waals surface area contributed by atoms with Crippen LogP contribution in [0, 0.1) is 5.92 Å². The molecule has 0 saturated carbocycles. The van der Waals surface area contributed by atoms with E-state index in [-0.39, 0.29) is 22.2 Å². The number of hydrogen-bond donors (Lipinski definition) is 0. The second-order valence-corrected chi connectivity index (χ2v) is 17.7. The molecule has 11 rings (SSSR count). The van der Waals surface area contributed by atoms with Crippen LogP contribution in [-0.4, -0.2) is 11.1 Å². The maximum absolute atomic E-state index is 7.30. The molecular formula is C50H45NO. The summed E-state index contributed by atoms with van der Waals surface area (Å²) in [4.78, 5) is 2.78. The van der Waals surface area contributed by atoms with Gasteiger partial charge in [-0.3, -0.25) is 0 Å². The van der Waals surface area contributed by atoms with Crippen LogP contribution in [0.1, 0.15) is 88.8 Å². The zero-order valence-corrected chi connectivity index (χ0v) is 31.5.